The molecule has 4 nitrogen and oxygen atoms in total. The first-order valence-corrected chi connectivity index (χ1v) is 5.95. The fraction of sp³-hybridized carbons (Fsp3) is 0.400. The minimum Gasteiger partial charge on any atom is -0.289 e. The van der Waals surface area contributed by atoms with Crippen molar-refractivity contribution in [3.63, 3.8) is 0 Å². The van der Waals surface area contributed by atoms with Crippen LogP contribution in [0.1, 0.15) is 5.56 Å². The molecule has 0 aromatic heterocycles. The van der Waals surface area contributed by atoms with Crippen molar-refractivity contribution < 1.29 is 4.92 Å². The predicted molar refractivity (Wildman–Crippen MR) is 60.8 cm³/mol. The summed E-state index contributed by atoms with van der Waals surface area (Å²) in [6.07, 6.45) is 0. The standard InChI is InChI=1S/C10H12N2O2S/c13-12(14)10-4-2-1-3-9(10)7-11-5-6-15-8-11/h1-4H,5-8H2. The Balaban J connectivity index is 2.15. The molecule has 0 saturated carbocycles. The first-order chi connectivity index (χ1) is 7.27. The van der Waals surface area contributed by atoms with Crippen molar-refractivity contribution in [2.45, 2.75) is 6.54 Å². The average Bonchev–Trinajstić information content (AvgIpc) is 2.71. The molecule has 1 saturated heterocycles. The smallest absolute Gasteiger partial charge is 0.273 e. The molecule has 2 rings (SSSR count). The molecule has 0 unspecified atom stereocenters. The molecule has 1 aliphatic rings. The molecule has 0 spiro atoms. The van der Waals surface area contributed by atoms with Crippen LogP contribution in [-0.2, 0) is 6.54 Å². The Morgan fingerprint density at radius 2 is 2.27 bits per heavy atom. The van der Waals surface area contributed by atoms with Crippen molar-refractivity contribution >= 4 is 17.4 Å². The second-order valence-electron chi connectivity index (χ2n) is 3.48. The topological polar surface area (TPSA) is 46.4 Å². The van der Waals surface area contributed by atoms with E-state index in [4.69, 9.17) is 0 Å². The number of nitro groups is 1. The summed E-state index contributed by atoms with van der Waals surface area (Å²) in [5.41, 5.74) is 1.04. The van der Waals surface area contributed by atoms with Crippen LogP contribution in [0.2, 0.25) is 0 Å². The predicted octanol–water partition coefficient (Wildman–Crippen LogP) is 2.10. The first kappa shape index (κ1) is 10.4. The van der Waals surface area contributed by atoms with Crippen molar-refractivity contribution in [1.29, 1.82) is 0 Å². The zero-order chi connectivity index (χ0) is 10.7. The fourth-order valence-electron chi connectivity index (χ4n) is 1.64. The van der Waals surface area contributed by atoms with Gasteiger partial charge >= 0.3 is 0 Å². The zero-order valence-corrected chi connectivity index (χ0v) is 9.07. The van der Waals surface area contributed by atoms with Gasteiger partial charge in [-0.25, -0.2) is 0 Å². The van der Waals surface area contributed by atoms with Crippen LogP contribution in [0.25, 0.3) is 0 Å². The van der Waals surface area contributed by atoms with Gasteiger partial charge in [0.25, 0.3) is 5.69 Å². The number of thioether (sulfide) groups is 1. The van der Waals surface area contributed by atoms with Gasteiger partial charge in [0, 0.05) is 36.3 Å². The lowest BCUT2D eigenvalue weighted by Gasteiger charge is -2.13. The molecule has 0 radical (unpaired) electrons. The highest BCUT2D eigenvalue weighted by Crippen LogP contribution is 2.22. The molecule has 0 N–H and O–H groups in total. The number of rotatable bonds is 3. The molecule has 15 heavy (non-hydrogen) atoms. The van der Waals surface area contributed by atoms with Gasteiger partial charge in [-0.3, -0.25) is 15.0 Å². The van der Waals surface area contributed by atoms with Crippen molar-refractivity contribution in [3.8, 4) is 0 Å². The van der Waals surface area contributed by atoms with Gasteiger partial charge in [0.2, 0.25) is 0 Å². The van der Waals surface area contributed by atoms with Crippen molar-refractivity contribution in [2.75, 3.05) is 18.2 Å². The summed E-state index contributed by atoms with van der Waals surface area (Å²) in [5, 5.41) is 10.8. The summed E-state index contributed by atoms with van der Waals surface area (Å²) in [5.74, 6) is 2.10. The van der Waals surface area contributed by atoms with Crippen LogP contribution < -0.4 is 0 Å². The molecule has 1 heterocycles. The molecule has 1 fully saturated rings. The summed E-state index contributed by atoms with van der Waals surface area (Å²) in [6, 6.07) is 6.96. The van der Waals surface area contributed by atoms with E-state index in [1.54, 1.807) is 12.1 Å². The summed E-state index contributed by atoms with van der Waals surface area (Å²) >= 11 is 1.87. The van der Waals surface area contributed by atoms with Gasteiger partial charge in [0.15, 0.2) is 0 Å². The van der Waals surface area contributed by atoms with Gasteiger partial charge in [-0.1, -0.05) is 18.2 Å². The van der Waals surface area contributed by atoms with E-state index in [-0.39, 0.29) is 10.6 Å². The van der Waals surface area contributed by atoms with E-state index >= 15 is 0 Å². The van der Waals surface area contributed by atoms with Gasteiger partial charge in [-0.15, -0.1) is 11.8 Å². The Morgan fingerprint density at radius 1 is 1.47 bits per heavy atom. The highest BCUT2D eigenvalue weighted by Gasteiger charge is 2.17. The Labute approximate surface area is 92.4 Å². The average molecular weight is 224 g/mol. The van der Waals surface area contributed by atoms with Crippen LogP contribution in [0.4, 0.5) is 5.69 Å². The summed E-state index contributed by atoms with van der Waals surface area (Å²) in [7, 11) is 0. The van der Waals surface area contributed by atoms with E-state index < -0.39 is 0 Å². The maximum atomic E-state index is 10.8. The SMILES string of the molecule is O=[N+]([O-])c1ccccc1CN1CCSC1. The van der Waals surface area contributed by atoms with E-state index in [1.165, 1.54) is 0 Å². The molecular formula is C10H12N2O2S. The number of nitro benzene ring substituents is 1. The quantitative estimate of drug-likeness (QED) is 0.582. The van der Waals surface area contributed by atoms with Crippen LogP contribution in [0.5, 0.6) is 0 Å². The van der Waals surface area contributed by atoms with Crippen molar-refractivity contribution in [1.82, 2.24) is 4.90 Å². The Morgan fingerprint density at radius 3 is 2.93 bits per heavy atom. The summed E-state index contributed by atoms with van der Waals surface area (Å²) in [6.45, 7) is 1.71. The zero-order valence-electron chi connectivity index (χ0n) is 8.26. The maximum absolute atomic E-state index is 10.8. The molecule has 0 atom stereocenters. The van der Waals surface area contributed by atoms with E-state index in [2.05, 4.69) is 4.90 Å². The monoisotopic (exact) mass is 224 g/mol. The van der Waals surface area contributed by atoms with Crippen LogP contribution >= 0.6 is 11.8 Å². The maximum Gasteiger partial charge on any atom is 0.273 e. The van der Waals surface area contributed by atoms with Crippen molar-refractivity contribution in [3.05, 3.63) is 39.9 Å². The minimum absolute atomic E-state index is 0.231. The largest absolute Gasteiger partial charge is 0.289 e. The molecule has 0 amide bonds. The third-order valence-corrected chi connectivity index (χ3v) is 3.43. The number of hydrogen-bond donors (Lipinski definition) is 0. The Hall–Kier alpha value is -1.07. The van der Waals surface area contributed by atoms with E-state index in [0.717, 1.165) is 23.7 Å². The van der Waals surface area contributed by atoms with Gasteiger partial charge in [0.1, 0.15) is 0 Å². The van der Waals surface area contributed by atoms with E-state index in [1.807, 2.05) is 23.9 Å². The normalized spacial score (nSPS) is 16.8. The van der Waals surface area contributed by atoms with Gasteiger partial charge in [-0.05, 0) is 0 Å². The van der Waals surface area contributed by atoms with Crippen LogP contribution in [-0.4, -0.2) is 28.0 Å². The Bertz CT molecular complexity index is 364. The second kappa shape index (κ2) is 4.63. The third kappa shape index (κ3) is 2.49. The number of benzene rings is 1. The molecule has 0 bridgehead atoms. The molecule has 1 aromatic carbocycles. The summed E-state index contributed by atoms with van der Waals surface area (Å²) < 4.78 is 0. The van der Waals surface area contributed by atoms with Crippen LogP contribution in [0.15, 0.2) is 24.3 Å². The highest BCUT2D eigenvalue weighted by molar-refractivity contribution is 7.99. The van der Waals surface area contributed by atoms with Gasteiger partial charge in [-0.2, -0.15) is 0 Å². The first-order valence-electron chi connectivity index (χ1n) is 4.80. The Kier molecular flexibility index (Phi) is 3.23. The number of nitrogens with zero attached hydrogens (tertiary/aromatic N) is 2. The lowest BCUT2D eigenvalue weighted by Crippen LogP contribution is -2.19. The van der Waals surface area contributed by atoms with Crippen LogP contribution in [0, 0.1) is 10.1 Å². The summed E-state index contributed by atoms with van der Waals surface area (Å²) in [4.78, 5) is 12.7. The molecule has 80 valence electrons. The third-order valence-electron chi connectivity index (χ3n) is 2.41. The van der Waals surface area contributed by atoms with Gasteiger partial charge < -0.3 is 0 Å². The van der Waals surface area contributed by atoms with Crippen molar-refractivity contribution in [2.24, 2.45) is 0 Å². The molecular weight excluding hydrogens is 212 g/mol. The van der Waals surface area contributed by atoms with Gasteiger partial charge in [0.05, 0.1) is 4.92 Å². The highest BCUT2D eigenvalue weighted by atomic mass is 32.2. The van der Waals surface area contributed by atoms with E-state index in [0.29, 0.717) is 6.54 Å². The fourth-order valence-corrected chi connectivity index (χ4v) is 2.64. The number of hydrogen-bond acceptors (Lipinski definition) is 4. The molecule has 0 aliphatic carbocycles. The molecule has 1 aliphatic heterocycles. The second-order valence-corrected chi connectivity index (χ2v) is 4.55. The minimum atomic E-state index is -0.307. The molecule has 5 heteroatoms. The number of para-hydroxylation sites is 1. The van der Waals surface area contributed by atoms with E-state index in [9.17, 15) is 10.1 Å². The molecule has 1 aromatic rings. The lowest BCUT2D eigenvalue weighted by atomic mass is 10.2. The lowest BCUT2D eigenvalue weighted by molar-refractivity contribution is -0.385. The van der Waals surface area contributed by atoms with Crippen LogP contribution in [0.3, 0.4) is 0 Å².